The molecule has 2 amide bonds. The van der Waals surface area contributed by atoms with E-state index in [-0.39, 0.29) is 18.4 Å². The van der Waals surface area contributed by atoms with Gasteiger partial charge in [0.25, 0.3) is 0 Å². The largest absolute Gasteiger partial charge is 0.346 e. The first kappa shape index (κ1) is 16.5. The van der Waals surface area contributed by atoms with Crippen LogP contribution in [-0.2, 0) is 16.1 Å². The zero-order chi connectivity index (χ0) is 15.9. The van der Waals surface area contributed by atoms with Crippen molar-refractivity contribution in [2.75, 3.05) is 33.2 Å². The average Bonchev–Trinajstić information content (AvgIpc) is 3.01. The number of hydrogen-bond acceptors (Lipinski definition) is 3. The SMILES string of the molecule is Cc1ccccc1CN(C)CC(=O)NCC(=O)N1CCCC1. The van der Waals surface area contributed by atoms with Crippen molar-refractivity contribution in [2.24, 2.45) is 0 Å². The first-order valence-corrected chi connectivity index (χ1v) is 7.84. The third-order valence-electron chi connectivity index (χ3n) is 4.01. The van der Waals surface area contributed by atoms with E-state index in [1.54, 1.807) is 0 Å². The summed E-state index contributed by atoms with van der Waals surface area (Å²) in [5.74, 6) is -0.0870. The smallest absolute Gasteiger partial charge is 0.241 e. The summed E-state index contributed by atoms with van der Waals surface area (Å²) in [4.78, 5) is 27.6. The Morgan fingerprint density at radius 2 is 1.91 bits per heavy atom. The summed E-state index contributed by atoms with van der Waals surface area (Å²) in [5, 5.41) is 2.72. The topological polar surface area (TPSA) is 52.7 Å². The van der Waals surface area contributed by atoms with E-state index in [2.05, 4.69) is 24.4 Å². The van der Waals surface area contributed by atoms with Gasteiger partial charge in [0.2, 0.25) is 11.8 Å². The third kappa shape index (κ3) is 4.84. The fourth-order valence-corrected chi connectivity index (χ4v) is 2.69. The van der Waals surface area contributed by atoms with E-state index >= 15 is 0 Å². The van der Waals surface area contributed by atoms with Gasteiger partial charge in [-0.15, -0.1) is 0 Å². The number of likely N-dealkylation sites (tertiary alicyclic amines) is 1. The van der Waals surface area contributed by atoms with E-state index in [0.29, 0.717) is 6.54 Å². The number of likely N-dealkylation sites (N-methyl/N-ethyl adjacent to an activating group) is 1. The van der Waals surface area contributed by atoms with Crippen molar-refractivity contribution in [3.05, 3.63) is 35.4 Å². The molecule has 2 rings (SSSR count). The van der Waals surface area contributed by atoms with Crippen molar-refractivity contribution >= 4 is 11.8 Å². The summed E-state index contributed by atoms with van der Waals surface area (Å²) in [6.45, 7) is 4.83. The average molecular weight is 303 g/mol. The molecular weight excluding hydrogens is 278 g/mol. The van der Waals surface area contributed by atoms with Gasteiger partial charge >= 0.3 is 0 Å². The number of nitrogens with zero attached hydrogens (tertiary/aromatic N) is 2. The molecule has 0 unspecified atom stereocenters. The van der Waals surface area contributed by atoms with Crippen LogP contribution in [0, 0.1) is 6.92 Å². The summed E-state index contributed by atoms with van der Waals surface area (Å²) in [7, 11) is 1.91. The number of nitrogens with one attached hydrogen (secondary N) is 1. The lowest BCUT2D eigenvalue weighted by molar-refractivity contribution is -0.132. The van der Waals surface area contributed by atoms with Crippen LogP contribution >= 0.6 is 0 Å². The molecule has 1 aromatic carbocycles. The Bertz CT molecular complexity index is 524. The van der Waals surface area contributed by atoms with Crippen molar-refractivity contribution in [3.63, 3.8) is 0 Å². The quantitative estimate of drug-likeness (QED) is 0.858. The van der Waals surface area contributed by atoms with Gasteiger partial charge in [-0.05, 0) is 37.9 Å². The maximum Gasteiger partial charge on any atom is 0.241 e. The molecule has 1 aromatic rings. The molecule has 0 bridgehead atoms. The van der Waals surface area contributed by atoms with Gasteiger partial charge < -0.3 is 10.2 Å². The Kier molecular flexibility index (Phi) is 5.95. The molecular formula is C17H25N3O2. The standard InChI is InChI=1S/C17H25N3O2/c1-14-7-3-4-8-15(14)12-19(2)13-16(21)18-11-17(22)20-9-5-6-10-20/h3-4,7-8H,5-6,9-13H2,1-2H3,(H,18,21). The molecule has 1 heterocycles. The summed E-state index contributed by atoms with van der Waals surface area (Å²) in [6.07, 6.45) is 2.14. The van der Waals surface area contributed by atoms with Gasteiger partial charge in [0.05, 0.1) is 13.1 Å². The highest BCUT2D eigenvalue weighted by Gasteiger charge is 2.18. The molecule has 22 heavy (non-hydrogen) atoms. The second-order valence-electron chi connectivity index (χ2n) is 5.96. The molecule has 1 N–H and O–H groups in total. The predicted octanol–water partition coefficient (Wildman–Crippen LogP) is 1.17. The Hall–Kier alpha value is -1.88. The second-order valence-corrected chi connectivity index (χ2v) is 5.96. The molecule has 0 aliphatic carbocycles. The van der Waals surface area contributed by atoms with Gasteiger partial charge in [-0.2, -0.15) is 0 Å². The molecule has 1 saturated heterocycles. The van der Waals surface area contributed by atoms with Crippen molar-refractivity contribution in [1.82, 2.24) is 15.1 Å². The molecule has 0 saturated carbocycles. The van der Waals surface area contributed by atoms with Crippen molar-refractivity contribution in [2.45, 2.75) is 26.3 Å². The van der Waals surface area contributed by atoms with Crippen LogP contribution in [0.15, 0.2) is 24.3 Å². The number of carbonyl (C=O) groups is 2. The predicted molar refractivity (Wildman–Crippen MR) is 86.3 cm³/mol. The summed E-state index contributed by atoms with van der Waals surface area (Å²) < 4.78 is 0. The van der Waals surface area contributed by atoms with E-state index < -0.39 is 0 Å². The number of rotatable bonds is 6. The van der Waals surface area contributed by atoms with E-state index in [1.165, 1.54) is 11.1 Å². The fraction of sp³-hybridized carbons (Fsp3) is 0.529. The lowest BCUT2D eigenvalue weighted by Crippen LogP contribution is -2.42. The normalized spacial score (nSPS) is 14.4. The Morgan fingerprint density at radius 1 is 1.23 bits per heavy atom. The first-order valence-electron chi connectivity index (χ1n) is 7.84. The number of benzene rings is 1. The number of amides is 2. The van der Waals surface area contributed by atoms with Crippen LogP contribution < -0.4 is 5.32 Å². The van der Waals surface area contributed by atoms with Crippen LogP contribution in [0.1, 0.15) is 24.0 Å². The lowest BCUT2D eigenvalue weighted by atomic mass is 10.1. The lowest BCUT2D eigenvalue weighted by Gasteiger charge is -2.19. The first-order chi connectivity index (χ1) is 10.6. The molecule has 0 spiro atoms. The highest BCUT2D eigenvalue weighted by molar-refractivity contribution is 5.85. The zero-order valence-electron chi connectivity index (χ0n) is 13.5. The Balaban J connectivity index is 1.72. The molecule has 0 atom stereocenters. The highest BCUT2D eigenvalue weighted by atomic mass is 16.2. The van der Waals surface area contributed by atoms with Crippen molar-refractivity contribution in [3.8, 4) is 0 Å². The monoisotopic (exact) mass is 303 g/mol. The van der Waals surface area contributed by atoms with Gasteiger partial charge in [-0.1, -0.05) is 24.3 Å². The Morgan fingerprint density at radius 3 is 2.59 bits per heavy atom. The minimum atomic E-state index is -0.108. The molecule has 5 heteroatoms. The Labute approximate surface area is 132 Å². The molecule has 0 radical (unpaired) electrons. The van der Waals surface area contributed by atoms with Gasteiger partial charge in [-0.25, -0.2) is 0 Å². The van der Waals surface area contributed by atoms with E-state index in [1.807, 2.05) is 29.0 Å². The molecule has 1 aliphatic heterocycles. The minimum absolute atomic E-state index is 0.0207. The van der Waals surface area contributed by atoms with Gasteiger partial charge in [0.1, 0.15) is 0 Å². The summed E-state index contributed by atoms with van der Waals surface area (Å²) in [6, 6.07) is 8.15. The van der Waals surface area contributed by atoms with Crippen molar-refractivity contribution in [1.29, 1.82) is 0 Å². The molecule has 1 aliphatic rings. The fourth-order valence-electron chi connectivity index (χ4n) is 2.69. The number of carbonyl (C=O) groups excluding carboxylic acids is 2. The minimum Gasteiger partial charge on any atom is -0.346 e. The van der Waals surface area contributed by atoms with E-state index in [0.717, 1.165) is 32.5 Å². The highest BCUT2D eigenvalue weighted by Crippen LogP contribution is 2.09. The van der Waals surface area contributed by atoms with Crippen LogP contribution in [-0.4, -0.2) is 54.8 Å². The maximum absolute atomic E-state index is 11.9. The maximum atomic E-state index is 11.9. The van der Waals surface area contributed by atoms with Crippen LogP contribution in [0.3, 0.4) is 0 Å². The second kappa shape index (κ2) is 7.94. The van der Waals surface area contributed by atoms with Crippen LogP contribution in [0.5, 0.6) is 0 Å². The third-order valence-corrected chi connectivity index (χ3v) is 4.01. The number of hydrogen-bond donors (Lipinski definition) is 1. The van der Waals surface area contributed by atoms with E-state index in [9.17, 15) is 9.59 Å². The molecule has 5 nitrogen and oxygen atoms in total. The molecule has 1 fully saturated rings. The van der Waals surface area contributed by atoms with Crippen LogP contribution in [0.25, 0.3) is 0 Å². The zero-order valence-corrected chi connectivity index (χ0v) is 13.5. The summed E-state index contributed by atoms with van der Waals surface area (Å²) in [5.41, 5.74) is 2.44. The van der Waals surface area contributed by atoms with Gasteiger partial charge in [-0.3, -0.25) is 14.5 Å². The van der Waals surface area contributed by atoms with E-state index in [4.69, 9.17) is 0 Å². The van der Waals surface area contributed by atoms with Gasteiger partial charge in [0, 0.05) is 19.6 Å². The van der Waals surface area contributed by atoms with Crippen LogP contribution in [0.2, 0.25) is 0 Å². The van der Waals surface area contributed by atoms with Gasteiger partial charge in [0.15, 0.2) is 0 Å². The van der Waals surface area contributed by atoms with Crippen molar-refractivity contribution < 1.29 is 9.59 Å². The summed E-state index contributed by atoms with van der Waals surface area (Å²) >= 11 is 0. The number of aryl methyl sites for hydroxylation is 1. The van der Waals surface area contributed by atoms with Crippen LogP contribution in [0.4, 0.5) is 0 Å². The molecule has 0 aromatic heterocycles. The molecule has 120 valence electrons.